The molecule has 1 amide bonds. The lowest BCUT2D eigenvalue weighted by molar-refractivity contribution is -0.119. The molecule has 36 heavy (non-hydrogen) atoms. The fraction of sp³-hybridized carbons (Fsp3) is 0.346. The SMILES string of the molecule is CC(Nc1nc(-c2nn(Cc3ccccc3F)c3ncc(F)cc23)nc2c1C(C)(C)C(=O)N2)C1CC1. The summed E-state index contributed by atoms with van der Waals surface area (Å²) in [6.07, 6.45) is 3.39. The molecule has 4 aromatic rings. The van der Waals surface area contributed by atoms with Crippen molar-refractivity contribution in [1.82, 2.24) is 24.7 Å². The average Bonchev–Trinajstić information content (AvgIpc) is 3.59. The highest BCUT2D eigenvalue weighted by atomic mass is 19.1. The molecule has 0 saturated heterocycles. The number of halogens is 2. The summed E-state index contributed by atoms with van der Waals surface area (Å²) in [6, 6.07) is 7.88. The highest BCUT2D eigenvalue weighted by molar-refractivity contribution is 6.06. The van der Waals surface area contributed by atoms with Crippen LogP contribution in [0.15, 0.2) is 36.5 Å². The lowest BCUT2D eigenvalue weighted by atomic mass is 9.87. The van der Waals surface area contributed by atoms with Crippen LogP contribution in [0.2, 0.25) is 0 Å². The molecular formula is C26H25F2N7O. The van der Waals surface area contributed by atoms with Crippen LogP contribution >= 0.6 is 0 Å². The van der Waals surface area contributed by atoms with E-state index in [2.05, 4.69) is 32.6 Å². The number of nitrogens with zero attached hydrogens (tertiary/aromatic N) is 5. The molecule has 8 nitrogen and oxygen atoms in total. The predicted molar refractivity (Wildman–Crippen MR) is 131 cm³/mol. The number of rotatable bonds is 6. The summed E-state index contributed by atoms with van der Waals surface area (Å²) in [5, 5.41) is 11.4. The second-order valence-electron chi connectivity index (χ2n) is 10.1. The van der Waals surface area contributed by atoms with Crippen LogP contribution in [0.4, 0.5) is 20.4 Å². The van der Waals surface area contributed by atoms with Gasteiger partial charge in [0.2, 0.25) is 5.91 Å². The number of anilines is 2. The van der Waals surface area contributed by atoms with E-state index in [1.165, 1.54) is 16.8 Å². The number of carbonyl (C=O) groups excluding carboxylic acids is 1. The van der Waals surface area contributed by atoms with Crippen LogP contribution in [0.5, 0.6) is 0 Å². The van der Waals surface area contributed by atoms with Crippen molar-refractivity contribution in [3.8, 4) is 11.5 Å². The van der Waals surface area contributed by atoms with Gasteiger partial charge in [-0.15, -0.1) is 0 Å². The number of hydrogen-bond acceptors (Lipinski definition) is 6. The zero-order valence-corrected chi connectivity index (χ0v) is 20.1. The third-order valence-corrected chi connectivity index (χ3v) is 7.07. The van der Waals surface area contributed by atoms with E-state index in [4.69, 9.17) is 4.98 Å². The van der Waals surface area contributed by atoms with E-state index >= 15 is 0 Å². The summed E-state index contributed by atoms with van der Waals surface area (Å²) < 4.78 is 30.2. The summed E-state index contributed by atoms with van der Waals surface area (Å²) in [7, 11) is 0. The van der Waals surface area contributed by atoms with Gasteiger partial charge < -0.3 is 10.6 Å². The van der Waals surface area contributed by atoms with Gasteiger partial charge in [-0.2, -0.15) is 5.10 Å². The third kappa shape index (κ3) is 3.68. The lowest BCUT2D eigenvalue weighted by Gasteiger charge is -2.21. The fourth-order valence-corrected chi connectivity index (χ4v) is 4.76. The van der Waals surface area contributed by atoms with Gasteiger partial charge in [-0.1, -0.05) is 18.2 Å². The highest BCUT2D eigenvalue weighted by Gasteiger charge is 2.43. The normalized spacial score (nSPS) is 17.2. The van der Waals surface area contributed by atoms with E-state index in [1.54, 1.807) is 18.2 Å². The fourth-order valence-electron chi connectivity index (χ4n) is 4.76. The molecule has 1 aliphatic heterocycles. The van der Waals surface area contributed by atoms with Gasteiger partial charge in [0.05, 0.1) is 29.1 Å². The van der Waals surface area contributed by atoms with Gasteiger partial charge >= 0.3 is 0 Å². The van der Waals surface area contributed by atoms with Gasteiger partial charge in [-0.3, -0.25) is 4.79 Å². The number of nitrogens with one attached hydrogen (secondary N) is 2. The van der Waals surface area contributed by atoms with Gasteiger partial charge in [0.15, 0.2) is 11.5 Å². The number of aromatic nitrogens is 5. The van der Waals surface area contributed by atoms with Crippen molar-refractivity contribution in [2.75, 3.05) is 10.6 Å². The maximum atomic E-state index is 14.4. The molecule has 6 rings (SSSR count). The maximum absolute atomic E-state index is 14.4. The van der Waals surface area contributed by atoms with E-state index in [9.17, 15) is 13.6 Å². The van der Waals surface area contributed by atoms with Crippen molar-refractivity contribution in [2.24, 2.45) is 5.92 Å². The Bertz CT molecular complexity index is 1530. The van der Waals surface area contributed by atoms with E-state index in [0.717, 1.165) is 19.0 Å². The number of amides is 1. The summed E-state index contributed by atoms with van der Waals surface area (Å²) in [4.78, 5) is 26.4. The molecule has 1 saturated carbocycles. The molecule has 0 radical (unpaired) electrons. The van der Waals surface area contributed by atoms with Crippen molar-refractivity contribution in [3.63, 3.8) is 0 Å². The van der Waals surface area contributed by atoms with Gasteiger partial charge in [0.1, 0.15) is 29.0 Å². The number of pyridine rings is 1. The van der Waals surface area contributed by atoms with Crippen LogP contribution in [0.25, 0.3) is 22.6 Å². The van der Waals surface area contributed by atoms with Crippen LogP contribution in [-0.2, 0) is 16.8 Å². The van der Waals surface area contributed by atoms with E-state index in [0.29, 0.717) is 45.4 Å². The van der Waals surface area contributed by atoms with Crippen molar-refractivity contribution in [2.45, 2.75) is 51.6 Å². The first kappa shape index (κ1) is 22.5. The largest absolute Gasteiger partial charge is 0.367 e. The molecule has 10 heteroatoms. The van der Waals surface area contributed by atoms with Crippen molar-refractivity contribution in [1.29, 1.82) is 0 Å². The number of benzene rings is 1. The maximum Gasteiger partial charge on any atom is 0.235 e. The van der Waals surface area contributed by atoms with Crippen LogP contribution in [0.3, 0.4) is 0 Å². The highest BCUT2D eigenvalue weighted by Crippen LogP contribution is 2.43. The Hall–Kier alpha value is -3.95. The minimum Gasteiger partial charge on any atom is -0.367 e. The zero-order valence-electron chi connectivity index (χ0n) is 20.1. The van der Waals surface area contributed by atoms with Crippen LogP contribution < -0.4 is 10.6 Å². The molecule has 184 valence electrons. The molecule has 1 aromatic carbocycles. The first-order valence-corrected chi connectivity index (χ1v) is 12.0. The quantitative estimate of drug-likeness (QED) is 0.409. The topological polar surface area (TPSA) is 97.6 Å². The molecule has 0 spiro atoms. The zero-order chi connectivity index (χ0) is 25.2. The first-order valence-electron chi connectivity index (χ1n) is 12.0. The van der Waals surface area contributed by atoms with Crippen LogP contribution in [0.1, 0.15) is 44.7 Å². The third-order valence-electron chi connectivity index (χ3n) is 7.07. The summed E-state index contributed by atoms with van der Waals surface area (Å²) in [5.41, 5.74) is 0.979. The van der Waals surface area contributed by atoms with Gasteiger partial charge in [0.25, 0.3) is 0 Å². The van der Waals surface area contributed by atoms with Crippen LogP contribution in [0, 0.1) is 17.6 Å². The van der Waals surface area contributed by atoms with Crippen LogP contribution in [-0.4, -0.2) is 36.7 Å². The summed E-state index contributed by atoms with van der Waals surface area (Å²) >= 11 is 0. The second kappa shape index (κ2) is 8.04. The van der Waals surface area contributed by atoms with E-state index in [-0.39, 0.29) is 30.1 Å². The standard InChI is InChI=1S/C26H25F2N7O/c1-13(14-8-9-14)30-21-19-22(33-25(36)26(19,2)3)32-23(31-21)20-17-10-16(27)11-29-24(17)35(34-20)12-15-6-4-5-7-18(15)28/h4-7,10-11,13-14H,8-9,12H2,1-3H3,(H2,30,31,32,33,36). The van der Waals surface area contributed by atoms with Gasteiger partial charge in [0, 0.05) is 11.6 Å². The minimum absolute atomic E-state index is 0.0976. The van der Waals surface area contributed by atoms with Crippen molar-refractivity contribution in [3.05, 3.63) is 59.3 Å². The second-order valence-corrected chi connectivity index (χ2v) is 10.1. The lowest BCUT2D eigenvalue weighted by Crippen LogP contribution is -2.29. The van der Waals surface area contributed by atoms with E-state index in [1.807, 2.05) is 13.8 Å². The molecule has 2 N–H and O–H groups in total. The Kier molecular flexibility index (Phi) is 5.03. The van der Waals surface area contributed by atoms with Crippen molar-refractivity contribution >= 4 is 28.6 Å². The molecule has 0 bridgehead atoms. The Morgan fingerprint density at radius 3 is 2.75 bits per heavy atom. The molecule has 1 unspecified atom stereocenters. The summed E-state index contributed by atoms with van der Waals surface area (Å²) in [6.45, 7) is 5.87. The Morgan fingerprint density at radius 1 is 1.22 bits per heavy atom. The average molecular weight is 490 g/mol. The molecule has 1 aliphatic carbocycles. The Labute approximate surface area is 206 Å². The Balaban J connectivity index is 1.51. The summed E-state index contributed by atoms with van der Waals surface area (Å²) in [5.74, 6) is 0.650. The monoisotopic (exact) mass is 489 g/mol. The number of carbonyl (C=O) groups is 1. The Morgan fingerprint density at radius 2 is 2.00 bits per heavy atom. The molecule has 4 heterocycles. The molecular weight excluding hydrogens is 464 g/mol. The van der Waals surface area contributed by atoms with Gasteiger partial charge in [-0.05, 0) is 51.7 Å². The predicted octanol–water partition coefficient (Wildman–Crippen LogP) is 4.65. The first-order chi connectivity index (χ1) is 17.2. The van der Waals surface area contributed by atoms with Crippen molar-refractivity contribution < 1.29 is 13.6 Å². The molecule has 1 atom stereocenters. The minimum atomic E-state index is -0.820. The smallest absolute Gasteiger partial charge is 0.235 e. The number of hydrogen-bond donors (Lipinski definition) is 2. The van der Waals surface area contributed by atoms with E-state index < -0.39 is 11.2 Å². The van der Waals surface area contributed by atoms with Gasteiger partial charge in [-0.25, -0.2) is 28.4 Å². The molecule has 3 aromatic heterocycles. The number of fused-ring (bicyclic) bond motifs is 2. The molecule has 2 aliphatic rings. The molecule has 1 fully saturated rings.